The number of hydrogen-bond acceptors (Lipinski definition) is 6. The van der Waals surface area contributed by atoms with Gasteiger partial charge in [0.1, 0.15) is 23.9 Å². The van der Waals surface area contributed by atoms with Gasteiger partial charge in [0.05, 0.1) is 11.3 Å². The maximum atomic E-state index is 13.8. The predicted molar refractivity (Wildman–Crippen MR) is 85.0 cm³/mol. The zero-order chi connectivity index (χ0) is 20.4. The number of halogens is 4. The lowest BCUT2D eigenvalue weighted by Gasteiger charge is -2.25. The Kier molecular flexibility index (Phi) is 4.07. The molecule has 0 radical (unpaired) electrons. The summed E-state index contributed by atoms with van der Waals surface area (Å²) in [5.74, 6) is -5.69. The van der Waals surface area contributed by atoms with E-state index < -0.39 is 64.4 Å². The summed E-state index contributed by atoms with van der Waals surface area (Å²) in [5.41, 5.74) is -3.08. The van der Waals surface area contributed by atoms with Crippen molar-refractivity contribution in [3.8, 4) is 0 Å². The first kappa shape index (κ1) is 18.6. The molecule has 0 aromatic carbocycles. The van der Waals surface area contributed by atoms with E-state index >= 15 is 0 Å². The zero-order valence-electron chi connectivity index (χ0n) is 14.3. The van der Waals surface area contributed by atoms with Gasteiger partial charge in [-0.05, 0) is 31.9 Å². The van der Waals surface area contributed by atoms with Gasteiger partial charge in [0.25, 0.3) is 0 Å². The Hall–Kier alpha value is -2.75. The molecule has 4 heterocycles. The molecule has 146 valence electrons. The van der Waals surface area contributed by atoms with Crippen molar-refractivity contribution in [3.63, 3.8) is 0 Å². The molecule has 6 nitrogen and oxygen atoms in total. The average Bonchev–Trinajstić information content (AvgIpc) is 3.06. The Labute approximate surface area is 154 Å². The Bertz CT molecular complexity index is 1030. The number of carbonyl (C=O) groups excluding carboxylic acids is 3. The van der Waals surface area contributed by atoms with Crippen molar-refractivity contribution in [3.05, 3.63) is 34.9 Å². The first-order valence-corrected chi connectivity index (χ1v) is 8.40. The highest BCUT2D eigenvalue weighted by molar-refractivity contribution is 6.27. The third-order valence-corrected chi connectivity index (χ3v) is 4.95. The van der Waals surface area contributed by atoms with Crippen molar-refractivity contribution < 1.29 is 36.7 Å². The van der Waals surface area contributed by atoms with Crippen LogP contribution in [-0.4, -0.2) is 39.5 Å². The van der Waals surface area contributed by atoms with Crippen LogP contribution in [0.2, 0.25) is 0 Å². The Morgan fingerprint density at radius 2 is 1.71 bits per heavy atom. The van der Waals surface area contributed by atoms with Gasteiger partial charge in [0.2, 0.25) is 0 Å². The molecule has 2 bridgehead atoms. The molecule has 4 rings (SSSR count). The molecule has 28 heavy (non-hydrogen) atoms. The summed E-state index contributed by atoms with van der Waals surface area (Å²) in [6.45, 7) is 1.26. The molecule has 2 aromatic heterocycles. The number of Topliss-reactive ketones (excluding diaryl/α,β-unsaturated/α-hetero) is 3. The molecule has 0 saturated carbocycles. The van der Waals surface area contributed by atoms with Crippen LogP contribution in [0.25, 0.3) is 11.0 Å². The second kappa shape index (κ2) is 6.13. The van der Waals surface area contributed by atoms with Crippen LogP contribution in [-0.2, 0) is 20.5 Å². The van der Waals surface area contributed by atoms with Gasteiger partial charge in [-0.1, -0.05) is 0 Å². The van der Waals surface area contributed by atoms with Gasteiger partial charge >= 0.3 is 6.18 Å². The lowest BCUT2D eigenvalue weighted by atomic mass is 9.85. The van der Waals surface area contributed by atoms with E-state index in [1.165, 1.54) is 6.92 Å². The van der Waals surface area contributed by atoms with Gasteiger partial charge in [0, 0.05) is 5.39 Å². The second-order valence-corrected chi connectivity index (χ2v) is 6.78. The summed E-state index contributed by atoms with van der Waals surface area (Å²) >= 11 is 0. The minimum atomic E-state index is -5.04. The molecule has 2 fully saturated rings. The van der Waals surface area contributed by atoms with E-state index in [4.69, 9.17) is 4.74 Å². The van der Waals surface area contributed by atoms with Gasteiger partial charge < -0.3 is 4.74 Å². The van der Waals surface area contributed by atoms with Gasteiger partial charge in [-0.2, -0.15) is 13.2 Å². The number of pyridine rings is 2. The first-order chi connectivity index (χ1) is 13.1. The second-order valence-electron chi connectivity index (χ2n) is 6.78. The van der Waals surface area contributed by atoms with E-state index in [0.717, 1.165) is 12.1 Å². The number of carbonyl (C=O) groups is 3. The standard InChI is InChI=1S/C18H12F4N2O4/c1-6-9(19)5-7-4-8(16(18(20,21)22)24-17(7)23-6)13(25)12-14(26)10-2-3-11(28-10)15(12)27/h4-5,10-12H,2-3H2,1H3. The monoisotopic (exact) mass is 396 g/mol. The van der Waals surface area contributed by atoms with Crippen LogP contribution in [0.1, 0.15) is 34.6 Å². The number of ether oxygens (including phenoxy) is 1. The topological polar surface area (TPSA) is 86.2 Å². The summed E-state index contributed by atoms with van der Waals surface area (Å²) in [7, 11) is 0. The third kappa shape index (κ3) is 2.79. The van der Waals surface area contributed by atoms with Crippen molar-refractivity contribution >= 4 is 28.4 Å². The molecular formula is C18H12F4N2O4. The fourth-order valence-electron chi connectivity index (χ4n) is 3.55. The van der Waals surface area contributed by atoms with Crippen molar-refractivity contribution in [1.29, 1.82) is 0 Å². The number of nitrogens with zero attached hydrogens (tertiary/aromatic N) is 2. The van der Waals surface area contributed by atoms with Crippen LogP contribution >= 0.6 is 0 Å². The molecule has 0 aliphatic carbocycles. The molecule has 2 aliphatic heterocycles. The summed E-state index contributed by atoms with van der Waals surface area (Å²) in [4.78, 5) is 44.7. The summed E-state index contributed by atoms with van der Waals surface area (Å²) in [6.07, 6.45) is -6.55. The molecule has 10 heteroatoms. The SMILES string of the molecule is Cc1nc2nc(C(F)(F)F)c(C(=O)C3C(=O)C4CCC(O4)C3=O)cc2cc1F. The van der Waals surface area contributed by atoms with Crippen LogP contribution < -0.4 is 0 Å². The van der Waals surface area contributed by atoms with Crippen LogP contribution in [0.15, 0.2) is 12.1 Å². The summed E-state index contributed by atoms with van der Waals surface area (Å²) in [6, 6.07) is 1.68. The first-order valence-electron chi connectivity index (χ1n) is 8.40. The minimum absolute atomic E-state index is 0.144. The highest BCUT2D eigenvalue weighted by Gasteiger charge is 2.52. The zero-order valence-corrected chi connectivity index (χ0v) is 14.3. The van der Waals surface area contributed by atoms with E-state index in [9.17, 15) is 31.9 Å². The summed E-state index contributed by atoms with van der Waals surface area (Å²) in [5, 5.41) is -0.144. The third-order valence-electron chi connectivity index (χ3n) is 4.95. The lowest BCUT2D eigenvalue weighted by Crippen LogP contribution is -2.47. The minimum Gasteiger partial charge on any atom is -0.359 e. The molecular weight excluding hydrogens is 384 g/mol. The molecule has 0 N–H and O–H groups in total. The number of ketones is 3. The Balaban J connectivity index is 1.89. The molecule has 2 unspecified atom stereocenters. The molecule has 2 saturated heterocycles. The predicted octanol–water partition coefficient (Wildman–Crippen LogP) is 2.59. The van der Waals surface area contributed by atoms with Crippen molar-refractivity contribution in [1.82, 2.24) is 9.97 Å². The Morgan fingerprint density at radius 3 is 2.29 bits per heavy atom. The van der Waals surface area contributed by atoms with Gasteiger partial charge in [-0.15, -0.1) is 0 Å². The number of aromatic nitrogens is 2. The molecule has 2 atom stereocenters. The van der Waals surface area contributed by atoms with Gasteiger partial charge in [-0.25, -0.2) is 14.4 Å². The number of rotatable bonds is 2. The Morgan fingerprint density at radius 1 is 1.11 bits per heavy atom. The van der Waals surface area contributed by atoms with Gasteiger partial charge in [-0.3, -0.25) is 14.4 Å². The smallest absolute Gasteiger partial charge is 0.359 e. The lowest BCUT2D eigenvalue weighted by molar-refractivity contribution is -0.152. The largest absolute Gasteiger partial charge is 0.434 e. The average molecular weight is 396 g/mol. The van der Waals surface area contributed by atoms with Gasteiger partial charge in [0.15, 0.2) is 28.7 Å². The maximum absolute atomic E-state index is 13.8. The quantitative estimate of drug-likeness (QED) is 0.441. The maximum Gasteiger partial charge on any atom is 0.434 e. The van der Waals surface area contributed by atoms with Crippen LogP contribution in [0.5, 0.6) is 0 Å². The highest BCUT2D eigenvalue weighted by Crippen LogP contribution is 2.37. The van der Waals surface area contributed by atoms with E-state index in [1.54, 1.807) is 0 Å². The number of fused-ring (bicyclic) bond motifs is 3. The molecule has 2 aliphatic rings. The van der Waals surface area contributed by atoms with Crippen molar-refractivity contribution in [2.45, 2.75) is 38.1 Å². The fraction of sp³-hybridized carbons (Fsp3) is 0.389. The number of aryl methyl sites for hydroxylation is 1. The van der Waals surface area contributed by atoms with Crippen LogP contribution in [0.4, 0.5) is 17.6 Å². The van der Waals surface area contributed by atoms with E-state index in [0.29, 0.717) is 0 Å². The fourth-order valence-corrected chi connectivity index (χ4v) is 3.55. The van der Waals surface area contributed by atoms with Crippen LogP contribution in [0, 0.1) is 18.7 Å². The normalized spacial score (nSPS) is 24.8. The summed E-state index contributed by atoms with van der Waals surface area (Å²) < 4.78 is 59.6. The number of alkyl halides is 3. The van der Waals surface area contributed by atoms with E-state index in [2.05, 4.69) is 9.97 Å². The van der Waals surface area contributed by atoms with E-state index in [-0.39, 0.29) is 23.9 Å². The van der Waals surface area contributed by atoms with E-state index in [1.807, 2.05) is 0 Å². The van der Waals surface area contributed by atoms with Crippen LogP contribution in [0.3, 0.4) is 0 Å². The molecule has 0 spiro atoms. The van der Waals surface area contributed by atoms with Crippen molar-refractivity contribution in [2.75, 3.05) is 0 Å². The molecule has 0 amide bonds. The molecule has 2 aromatic rings. The highest BCUT2D eigenvalue weighted by atomic mass is 19.4. The van der Waals surface area contributed by atoms with Crippen molar-refractivity contribution in [2.24, 2.45) is 5.92 Å². The number of hydrogen-bond donors (Lipinski definition) is 0.